The van der Waals surface area contributed by atoms with E-state index in [-0.39, 0.29) is 17.9 Å². The van der Waals surface area contributed by atoms with E-state index in [1.807, 2.05) is 20.8 Å². The van der Waals surface area contributed by atoms with E-state index in [9.17, 15) is 14.0 Å². The van der Waals surface area contributed by atoms with Gasteiger partial charge in [0.15, 0.2) is 0 Å². The van der Waals surface area contributed by atoms with Crippen LogP contribution in [0.25, 0.3) is 0 Å². The number of ether oxygens (including phenoxy) is 2. The fraction of sp³-hybridized carbons (Fsp3) is 0.600. The average Bonchev–Trinajstić information content (AvgIpc) is 2.59. The summed E-state index contributed by atoms with van der Waals surface area (Å²) in [5, 5.41) is 6.21. The van der Waals surface area contributed by atoms with Crippen molar-refractivity contribution in [1.29, 1.82) is 0 Å². The average molecular weight is 380 g/mol. The quantitative estimate of drug-likeness (QED) is 0.765. The number of hydrogen-bond acceptors (Lipinski definition) is 5. The number of rotatable bonds is 5. The van der Waals surface area contributed by atoms with Crippen molar-refractivity contribution >= 4 is 12.1 Å². The summed E-state index contributed by atoms with van der Waals surface area (Å²) >= 11 is 0. The largest absolute Gasteiger partial charge is 0.468 e. The molecule has 0 aromatic heterocycles. The highest BCUT2D eigenvalue weighted by Gasteiger charge is 2.29. The number of esters is 1. The number of halogens is 1. The number of amides is 1. The Labute approximate surface area is 159 Å². The molecule has 7 heteroatoms. The Morgan fingerprint density at radius 2 is 1.63 bits per heavy atom. The van der Waals surface area contributed by atoms with E-state index in [0.29, 0.717) is 5.56 Å². The van der Waals surface area contributed by atoms with Crippen LogP contribution in [0.3, 0.4) is 0 Å². The van der Waals surface area contributed by atoms with Crippen LogP contribution in [0.15, 0.2) is 24.3 Å². The van der Waals surface area contributed by atoms with Gasteiger partial charge in [-0.15, -0.1) is 0 Å². The normalized spacial score (nSPS) is 21.2. The minimum Gasteiger partial charge on any atom is -0.468 e. The van der Waals surface area contributed by atoms with E-state index in [0.717, 1.165) is 25.7 Å². The van der Waals surface area contributed by atoms with Crippen LogP contribution in [-0.4, -0.2) is 36.9 Å². The van der Waals surface area contributed by atoms with Gasteiger partial charge in [-0.2, -0.15) is 0 Å². The summed E-state index contributed by atoms with van der Waals surface area (Å²) < 4.78 is 23.3. The Morgan fingerprint density at radius 3 is 2.15 bits per heavy atom. The molecule has 1 atom stereocenters. The van der Waals surface area contributed by atoms with Crippen molar-refractivity contribution in [2.75, 3.05) is 7.11 Å². The highest BCUT2D eigenvalue weighted by atomic mass is 19.1. The predicted molar refractivity (Wildman–Crippen MR) is 99.7 cm³/mol. The van der Waals surface area contributed by atoms with Crippen LogP contribution in [-0.2, 0) is 14.3 Å². The second-order valence-electron chi connectivity index (χ2n) is 7.87. The standard InChI is InChI=1S/C20H29FN2O4/c1-20(2,3)27-19(25)23-16-11-9-15(10-12-16)22-17(18(24)26-4)13-5-7-14(21)8-6-13/h5-8,15-17,22H,9-12H2,1-4H3,(H,23,25)/t15?,16?,17-/m0/s1. The summed E-state index contributed by atoms with van der Waals surface area (Å²) in [4.78, 5) is 24.0. The first-order valence-corrected chi connectivity index (χ1v) is 9.27. The molecule has 1 saturated carbocycles. The van der Waals surface area contributed by atoms with Gasteiger partial charge in [-0.05, 0) is 64.2 Å². The molecule has 0 radical (unpaired) electrons. The Morgan fingerprint density at radius 1 is 1.07 bits per heavy atom. The summed E-state index contributed by atoms with van der Waals surface area (Å²) in [6.07, 6.45) is 2.77. The van der Waals surface area contributed by atoms with Gasteiger partial charge in [0.05, 0.1) is 7.11 Å². The van der Waals surface area contributed by atoms with Crippen molar-refractivity contribution in [1.82, 2.24) is 10.6 Å². The number of alkyl carbamates (subject to hydrolysis) is 1. The number of methoxy groups -OCH3 is 1. The molecular formula is C20H29FN2O4. The van der Waals surface area contributed by atoms with Crippen LogP contribution in [0.4, 0.5) is 9.18 Å². The van der Waals surface area contributed by atoms with E-state index in [1.54, 1.807) is 12.1 Å². The molecule has 150 valence electrons. The van der Waals surface area contributed by atoms with Crippen LogP contribution in [0.5, 0.6) is 0 Å². The zero-order valence-electron chi connectivity index (χ0n) is 16.4. The SMILES string of the molecule is COC(=O)[C@@H](NC1CCC(NC(=O)OC(C)(C)C)CC1)c1ccc(F)cc1. The molecule has 1 amide bonds. The lowest BCUT2D eigenvalue weighted by molar-refractivity contribution is -0.143. The van der Waals surface area contributed by atoms with E-state index >= 15 is 0 Å². The lowest BCUT2D eigenvalue weighted by Gasteiger charge is -2.32. The Bertz CT molecular complexity index is 634. The molecule has 1 aliphatic rings. The first-order chi connectivity index (χ1) is 12.7. The minimum absolute atomic E-state index is 0.0558. The van der Waals surface area contributed by atoms with E-state index in [4.69, 9.17) is 9.47 Å². The molecule has 1 fully saturated rings. The maximum Gasteiger partial charge on any atom is 0.407 e. The predicted octanol–water partition coefficient (Wildman–Crippen LogP) is 3.47. The van der Waals surface area contributed by atoms with Gasteiger partial charge in [0, 0.05) is 12.1 Å². The first kappa shape index (κ1) is 21.2. The molecule has 6 nitrogen and oxygen atoms in total. The minimum atomic E-state index is -0.643. The fourth-order valence-electron chi connectivity index (χ4n) is 3.19. The summed E-state index contributed by atoms with van der Waals surface area (Å²) in [6.45, 7) is 5.49. The van der Waals surface area contributed by atoms with Gasteiger partial charge in [-0.1, -0.05) is 12.1 Å². The molecule has 1 aromatic carbocycles. The van der Waals surface area contributed by atoms with Crippen molar-refractivity contribution in [2.45, 2.75) is 70.2 Å². The van der Waals surface area contributed by atoms with Gasteiger partial charge >= 0.3 is 12.1 Å². The lowest BCUT2D eigenvalue weighted by Crippen LogP contribution is -2.45. The molecular weight excluding hydrogens is 351 g/mol. The Hall–Kier alpha value is -2.15. The number of hydrogen-bond donors (Lipinski definition) is 2. The molecule has 0 spiro atoms. The van der Waals surface area contributed by atoms with Crippen molar-refractivity contribution in [2.24, 2.45) is 0 Å². The lowest BCUT2D eigenvalue weighted by atomic mass is 9.90. The summed E-state index contributed by atoms with van der Waals surface area (Å²) in [6, 6.07) is 5.34. The maximum atomic E-state index is 13.2. The maximum absolute atomic E-state index is 13.2. The van der Waals surface area contributed by atoms with Crippen LogP contribution >= 0.6 is 0 Å². The van der Waals surface area contributed by atoms with Gasteiger partial charge in [-0.25, -0.2) is 14.0 Å². The highest BCUT2D eigenvalue weighted by molar-refractivity contribution is 5.77. The van der Waals surface area contributed by atoms with Gasteiger partial charge in [0.1, 0.15) is 17.5 Å². The number of carbonyl (C=O) groups excluding carboxylic acids is 2. The van der Waals surface area contributed by atoms with Crippen molar-refractivity contribution < 1.29 is 23.5 Å². The van der Waals surface area contributed by atoms with E-state index in [1.165, 1.54) is 19.2 Å². The summed E-state index contributed by atoms with van der Waals surface area (Å²) in [7, 11) is 1.34. The van der Waals surface area contributed by atoms with E-state index < -0.39 is 23.7 Å². The van der Waals surface area contributed by atoms with Crippen LogP contribution in [0.1, 0.15) is 58.1 Å². The molecule has 0 saturated heterocycles. The Kier molecular flexibility index (Phi) is 7.18. The zero-order valence-corrected chi connectivity index (χ0v) is 16.4. The molecule has 0 unspecified atom stereocenters. The van der Waals surface area contributed by atoms with Crippen molar-refractivity contribution in [3.63, 3.8) is 0 Å². The zero-order chi connectivity index (χ0) is 20.0. The fourth-order valence-corrected chi connectivity index (χ4v) is 3.19. The number of nitrogens with one attached hydrogen (secondary N) is 2. The van der Waals surface area contributed by atoms with Gasteiger partial charge in [0.25, 0.3) is 0 Å². The third-order valence-electron chi connectivity index (χ3n) is 4.49. The second-order valence-corrected chi connectivity index (χ2v) is 7.87. The third-order valence-corrected chi connectivity index (χ3v) is 4.49. The van der Waals surface area contributed by atoms with Crippen LogP contribution in [0.2, 0.25) is 0 Å². The topological polar surface area (TPSA) is 76.7 Å². The van der Waals surface area contributed by atoms with Crippen molar-refractivity contribution in [3.8, 4) is 0 Å². The molecule has 0 aliphatic heterocycles. The first-order valence-electron chi connectivity index (χ1n) is 9.27. The van der Waals surface area contributed by atoms with Gasteiger partial charge in [-0.3, -0.25) is 5.32 Å². The highest BCUT2D eigenvalue weighted by Crippen LogP contribution is 2.23. The molecule has 0 bridgehead atoms. The molecule has 1 aromatic rings. The number of benzene rings is 1. The summed E-state index contributed by atoms with van der Waals surface area (Å²) in [5.74, 6) is -0.758. The smallest absolute Gasteiger partial charge is 0.407 e. The third kappa shape index (κ3) is 6.82. The van der Waals surface area contributed by atoms with E-state index in [2.05, 4.69) is 10.6 Å². The molecule has 2 N–H and O–H groups in total. The molecule has 2 rings (SSSR count). The van der Waals surface area contributed by atoms with Gasteiger partial charge in [0.2, 0.25) is 0 Å². The Balaban J connectivity index is 1.89. The monoisotopic (exact) mass is 380 g/mol. The molecule has 1 aliphatic carbocycles. The van der Waals surface area contributed by atoms with Crippen molar-refractivity contribution in [3.05, 3.63) is 35.6 Å². The molecule has 27 heavy (non-hydrogen) atoms. The van der Waals surface area contributed by atoms with Gasteiger partial charge < -0.3 is 14.8 Å². The van der Waals surface area contributed by atoms with Crippen LogP contribution in [0, 0.1) is 5.82 Å². The number of carbonyl (C=O) groups is 2. The molecule has 0 heterocycles. The summed E-state index contributed by atoms with van der Waals surface area (Å²) in [5.41, 5.74) is 0.142. The second kappa shape index (κ2) is 9.17. The van der Waals surface area contributed by atoms with Crippen LogP contribution < -0.4 is 10.6 Å².